The van der Waals surface area contributed by atoms with Crippen LogP contribution in [0.15, 0.2) is 57.3 Å². The topological polar surface area (TPSA) is 54.9 Å². The molecule has 0 aliphatic heterocycles. The van der Waals surface area contributed by atoms with Crippen molar-refractivity contribution in [2.75, 3.05) is 5.32 Å². The summed E-state index contributed by atoms with van der Waals surface area (Å²) in [7, 11) is 0. The molecule has 0 saturated heterocycles. The Morgan fingerprint density at radius 1 is 1.21 bits per heavy atom. The molecule has 1 heterocycles. The SMILES string of the molecule is Cc1cccc(CSc2nnc(NC(=O)c3cccc(Br)c3)s2)c1. The first-order valence-corrected chi connectivity index (χ1v) is 9.78. The minimum Gasteiger partial charge on any atom is -0.296 e. The lowest BCUT2D eigenvalue weighted by atomic mass is 10.2. The number of hydrogen-bond acceptors (Lipinski definition) is 5. The fourth-order valence-corrected chi connectivity index (χ4v) is 4.15. The number of nitrogens with zero attached hydrogens (tertiary/aromatic N) is 2. The van der Waals surface area contributed by atoms with E-state index in [-0.39, 0.29) is 5.91 Å². The third-order valence-electron chi connectivity index (χ3n) is 3.16. The minimum absolute atomic E-state index is 0.192. The fraction of sp³-hybridized carbons (Fsp3) is 0.118. The van der Waals surface area contributed by atoms with Gasteiger partial charge in [-0.1, -0.05) is 74.9 Å². The Morgan fingerprint density at radius 3 is 2.83 bits per heavy atom. The van der Waals surface area contributed by atoms with Crippen molar-refractivity contribution < 1.29 is 4.79 Å². The summed E-state index contributed by atoms with van der Waals surface area (Å²) in [6, 6.07) is 15.6. The highest BCUT2D eigenvalue weighted by atomic mass is 79.9. The number of nitrogens with one attached hydrogen (secondary N) is 1. The average molecular weight is 420 g/mol. The number of carbonyl (C=O) groups is 1. The average Bonchev–Trinajstić information content (AvgIpc) is 3.00. The zero-order valence-corrected chi connectivity index (χ0v) is 16.0. The molecule has 0 atom stereocenters. The van der Waals surface area contributed by atoms with Crippen molar-refractivity contribution in [3.8, 4) is 0 Å². The maximum absolute atomic E-state index is 12.2. The first-order chi connectivity index (χ1) is 11.6. The molecule has 0 bridgehead atoms. The molecule has 24 heavy (non-hydrogen) atoms. The van der Waals surface area contributed by atoms with Crippen LogP contribution in [-0.4, -0.2) is 16.1 Å². The van der Waals surface area contributed by atoms with Gasteiger partial charge in [0.2, 0.25) is 5.13 Å². The van der Waals surface area contributed by atoms with Gasteiger partial charge >= 0.3 is 0 Å². The van der Waals surface area contributed by atoms with E-state index in [4.69, 9.17) is 0 Å². The van der Waals surface area contributed by atoms with Crippen molar-refractivity contribution in [1.29, 1.82) is 0 Å². The Morgan fingerprint density at radius 2 is 2.04 bits per heavy atom. The van der Waals surface area contributed by atoms with Gasteiger partial charge in [0.25, 0.3) is 5.91 Å². The van der Waals surface area contributed by atoms with Crippen LogP contribution >= 0.6 is 39.0 Å². The third-order valence-corrected chi connectivity index (χ3v) is 5.69. The van der Waals surface area contributed by atoms with Crippen LogP contribution in [0.25, 0.3) is 0 Å². The van der Waals surface area contributed by atoms with Gasteiger partial charge in [-0.05, 0) is 30.7 Å². The molecular formula is C17H14BrN3OS2. The number of thioether (sulfide) groups is 1. The van der Waals surface area contributed by atoms with Gasteiger partial charge < -0.3 is 0 Å². The molecule has 0 saturated carbocycles. The van der Waals surface area contributed by atoms with Crippen LogP contribution in [0, 0.1) is 6.92 Å². The summed E-state index contributed by atoms with van der Waals surface area (Å²) in [5.74, 6) is 0.637. The van der Waals surface area contributed by atoms with E-state index in [1.54, 1.807) is 23.9 Å². The number of benzene rings is 2. The highest BCUT2D eigenvalue weighted by Crippen LogP contribution is 2.28. The van der Waals surface area contributed by atoms with E-state index in [1.807, 2.05) is 12.1 Å². The van der Waals surface area contributed by atoms with Gasteiger partial charge in [-0.2, -0.15) is 0 Å². The highest BCUT2D eigenvalue weighted by Gasteiger charge is 2.11. The standard InChI is InChI=1S/C17H14BrN3OS2/c1-11-4-2-5-12(8-11)10-23-17-21-20-16(24-17)19-15(22)13-6-3-7-14(18)9-13/h2-9H,10H2,1H3,(H,19,20,22). The summed E-state index contributed by atoms with van der Waals surface area (Å²) in [5, 5.41) is 11.5. The predicted octanol–water partition coefficient (Wildman–Crippen LogP) is 5.15. The first-order valence-electron chi connectivity index (χ1n) is 7.19. The van der Waals surface area contributed by atoms with E-state index < -0.39 is 0 Å². The van der Waals surface area contributed by atoms with Gasteiger partial charge in [0.1, 0.15) is 0 Å². The molecule has 0 aliphatic rings. The van der Waals surface area contributed by atoms with E-state index in [2.05, 4.69) is 62.6 Å². The number of rotatable bonds is 5. The monoisotopic (exact) mass is 419 g/mol. The highest BCUT2D eigenvalue weighted by molar-refractivity contribution is 9.10. The smallest absolute Gasteiger partial charge is 0.257 e. The number of aryl methyl sites for hydroxylation is 1. The Labute approximate surface area is 156 Å². The van der Waals surface area contributed by atoms with E-state index >= 15 is 0 Å². The second-order valence-corrected chi connectivity index (χ2v) is 8.23. The van der Waals surface area contributed by atoms with Crippen molar-refractivity contribution in [2.24, 2.45) is 0 Å². The van der Waals surface area contributed by atoms with Crippen LogP contribution in [0.4, 0.5) is 5.13 Å². The van der Waals surface area contributed by atoms with Crippen molar-refractivity contribution >= 4 is 50.1 Å². The van der Waals surface area contributed by atoms with Gasteiger partial charge in [-0.3, -0.25) is 10.1 Å². The lowest BCUT2D eigenvalue weighted by Crippen LogP contribution is -2.11. The Hall–Kier alpha value is -1.70. The number of amides is 1. The molecule has 122 valence electrons. The summed E-state index contributed by atoms with van der Waals surface area (Å²) >= 11 is 6.35. The molecule has 1 amide bonds. The zero-order chi connectivity index (χ0) is 16.9. The van der Waals surface area contributed by atoms with E-state index in [0.29, 0.717) is 10.7 Å². The van der Waals surface area contributed by atoms with Crippen LogP contribution in [0.3, 0.4) is 0 Å². The summed E-state index contributed by atoms with van der Waals surface area (Å²) in [6.45, 7) is 2.08. The Kier molecular flexibility index (Phi) is 5.65. The number of anilines is 1. The molecule has 4 nitrogen and oxygen atoms in total. The van der Waals surface area contributed by atoms with Gasteiger partial charge in [-0.25, -0.2) is 0 Å². The third kappa shape index (κ3) is 4.66. The van der Waals surface area contributed by atoms with Gasteiger partial charge in [0.15, 0.2) is 4.34 Å². The van der Waals surface area contributed by atoms with Gasteiger partial charge in [0.05, 0.1) is 0 Å². The second kappa shape index (κ2) is 7.92. The molecule has 3 rings (SSSR count). The van der Waals surface area contributed by atoms with Crippen molar-refractivity contribution in [3.63, 3.8) is 0 Å². The van der Waals surface area contributed by atoms with Crippen LogP contribution in [0.1, 0.15) is 21.5 Å². The fourth-order valence-electron chi connectivity index (χ4n) is 2.06. The summed E-state index contributed by atoms with van der Waals surface area (Å²) in [4.78, 5) is 12.2. The van der Waals surface area contributed by atoms with Crippen molar-refractivity contribution in [2.45, 2.75) is 17.0 Å². The summed E-state index contributed by atoms with van der Waals surface area (Å²) in [6.07, 6.45) is 0. The quantitative estimate of drug-likeness (QED) is 0.458. The predicted molar refractivity (Wildman–Crippen MR) is 103 cm³/mol. The lowest BCUT2D eigenvalue weighted by molar-refractivity contribution is 0.102. The first kappa shape index (κ1) is 17.1. The molecule has 7 heteroatoms. The molecular weight excluding hydrogens is 406 g/mol. The van der Waals surface area contributed by atoms with E-state index in [9.17, 15) is 4.79 Å². The van der Waals surface area contributed by atoms with Gasteiger partial charge in [-0.15, -0.1) is 10.2 Å². The number of aromatic nitrogens is 2. The molecule has 0 spiro atoms. The molecule has 1 aromatic heterocycles. The second-order valence-electron chi connectivity index (χ2n) is 5.12. The van der Waals surface area contributed by atoms with Crippen LogP contribution < -0.4 is 5.32 Å². The molecule has 3 aromatic rings. The van der Waals surface area contributed by atoms with E-state index in [1.165, 1.54) is 22.5 Å². The molecule has 2 aromatic carbocycles. The molecule has 0 radical (unpaired) electrons. The van der Waals surface area contributed by atoms with Crippen LogP contribution in [0.2, 0.25) is 0 Å². The molecule has 0 unspecified atom stereocenters. The number of hydrogen-bond donors (Lipinski definition) is 1. The maximum atomic E-state index is 12.2. The van der Waals surface area contributed by atoms with E-state index in [0.717, 1.165) is 14.6 Å². The van der Waals surface area contributed by atoms with Crippen LogP contribution in [-0.2, 0) is 5.75 Å². The number of halogens is 1. The van der Waals surface area contributed by atoms with Gasteiger partial charge in [0, 0.05) is 15.8 Å². The van der Waals surface area contributed by atoms with Crippen LogP contribution in [0.5, 0.6) is 0 Å². The lowest BCUT2D eigenvalue weighted by Gasteiger charge is -2.01. The summed E-state index contributed by atoms with van der Waals surface area (Å²) < 4.78 is 1.70. The zero-order valence-electron chi connectivity index (χ0n) is 12.8. The normalized spacial score (nSPS) is 10.6. The summed E-state index contributed by atoms with van der Waals surface area (Å²) in [5.41, 5.74) is 3.07. The Balaban J connectivity index is 1.60. The van der Waals surface area contributed by atoms with Crippen molar-refractivity contribution in [1.82, 2.24) is 10.2 Å². The largest absolute Gasteiger partial charge is 0.296 e. The minimum atomic E-state index is -0.192. The maximum Gasteiger partial charge on any atom is 0.257 e. The van der Waals surface area contributed by atoms with Crippen molar-refractivity contribution in [3.05, 3.63) is 69.7 Å². The molecule has 1 N–H and O–H groups in total. The Bertz CT molecular complexity index is 866. The number of carbonyl (C=O) groups excluding carboxylic acids is 1. The molecule has 0 aliphatic carbocycles. The molecule has 0 fully saturated rings.